The molecule has 1 heterocycles. The highest BCUT2D eigenvalue weighted by molar-refractivity contribution is 7.89. The van der Waals surface area contributed by atoms with Crippen LogP contribution in [0.5, 0.6) is 0 Å². The summed E-state index contributed by atoms with van der Waals surface area (Å²) in [6, 6.07) is 5.56. The van der Waals surface area contributed by atoms with E-state index in [4.69, 9.17) is 5.11 Å². The number of aromatic nitrogens is 1. The molecular formula is C11H18N2O3S. The summed E-state index contributed by atoms with van der Waals surface area (Å²) in [5, 5.41) is 8.56. The van der Waals surface area contributed by atoms with Crippen molar-refractivity contribution in [1.29, 1.82) is 0 Å². The third kappa shape index (κ3) is 6.35. The molecule has 5 nitrogen and oxygen atoms in total. The van der Waals surface area contributed by atoms with Gasteiger partial charge in [0.2, 0.25) is 10.0 Å². The number of sulfonamides is 1. The minimum absolute atomic E-state index is 0.0312. The molecule has 0 spiro atoms. The van der Waals surface area contributed by atoms with E-state index in [9.17, 15) is 8.42 Å². The molecule has 17 heavy (non-hydrogen) atoms. The van der Waals surface area contributed by atoms with E-state index in [2.05, 4.69) is 9.71 Å². The van der Waals surface area contributed by atoms with Crippen LogP contribution in [-0.2, 0) is 16.4 Å². The van der Waals surface area contributed by atoms with E-state index in [0.29, 0.717) is 25.8 Å². The monoisotopic (exact) mass is 258 g/mol. The molecule has 0 bridgehead atoms. The van der Waals surface area contributed by atoms with Crippen molar-refractivity contribution in [2.45, 2.75) is 19.3 Å². The molecule has 0 unspecified atom stereocenters. The van der Waals surface area contributed by atoms with Gasteiger partial charge in [-0.3, -0.25) is 4.98 Å². The predicted molar refractivity (Wildman–Crippen MR) is 66.1 cm³/mol. The molecule has 0 fully saturated rings. The first-order chi connectivity index (χ1) is 8.14. The summed E-state index contributed by atoms with van der Waals surface area (Å²) >= 11 is 0. The number of hydrogen-bond acceptors (Lipinski definition) is 4. The zero-order valence-electron chi connectivity index (χ0n) is 9.67. The van der Waals surface area contributed by atoms with Crippen LogP contribution >= 0.6 is 0 Å². The number of rotatable bonds is 8. The minimum Gasteiger partial charge on any atom is -0.396 e. The molecule has 0 radical (unpaired) electrons. The van der Waals surface area contributed by atoms with Gasteiger partial charge in [-0.05, 0) is 25.0 Å². The minimum atomic E-state index is -3.21. The van der Waals surface area contributed by atoms with Crippen molar-refractivity contribution in [3.63, 3.8) is 0 Å². The lowest BCUT2D eigenvalue weighted by atomic mass is 10.3. The van der Waals surface area contributed by atoms with Gasteiger partial charge in [-0.1, -0.05) is 6.07 Å². The van der Waals surface area contributed by atoms with E-state index in [1.165, 1.54) is 0 Å². The van der Waals surface area contributed by atoms with Crippen molar-refractivity contribution in [2.75, 3.05) is 18.9 Å². The Hall–Kier alpha value is -0.980. The molecule has 0 aliphatic rings. The summed E-state index contributed by atoms with van der Waals surface area (Å²) in [5.41, 5.74) is 0.866. The van der Waals surface area contributed by atoms with Gasteiger partial charge >= 0.3 is 0 Å². The average Bonchev–Trinajstić information content (AvgIpc) is 2.30. The zero-order valence-corrected chi connectivity index (χ0v) is 10.5. The molecule has 2 N–H and O–H groups in total. The molecule has 0 saturated carbocycles. The fourth-order valence-corrected chi connectivity index (χ4v) is 2.50. The van der Waals surface area contributed by atoms with Crippen LogP contribution in [0.1, 0.15) is 18.5 Å². The van der Waals surface area contributed by atoms with Gasteiger partial charge in [0.05, 0.1) is 5.75 Å². The number of hydrogen-bond donors (Lipinski definition) is 2. The van der Waals surface area contributed by atoms with Crippen molar-refractivity contribution < 1.29 is 13.5 Å². The molecule has 0 aliphatic carbocycles. The lowest BCUT2D eigenvalue weighted by Crippen LogP contribution is -2.28. The molecule has 6 heteroatoms. The topological polar surface area (TPSA) is 79.3 Å². The van der Waals surface area contributed by atoms with Crippen molar-refractivity contribution in [2.24, 2.45) is 0 Å². The number of aliphatic hydroxyl groups excluding tert-OH is 1. The third-order valence-electron chi connectivity index (χ3n) is 2.25. The van der Waals surface area contributed by atoms with Gasteiger partial charge in [0, 0.05) is 31.5 Å². The molecule has 1 aromatic rings. The van der Waals surface area contributed by atoms with Crippen LogP contribution in [0.4, 0.5) is 0 Å². The van der Waals surface area contributed by atoms with E-state index in [-0.39, 0.29) is 12.4 Å². The Morgan fingerprint density at radius 3 is 2.76 bits per heavy atom. The smallest absolute Gasteiger partial charge is 0.211 e. The van der Waals surface area contributed by atoms with Gasteiger partial charge in [0.15, 0.2) is 0 Å². The number of unbranched alkanes of at least 4 members (excludes halogenated alkanes) is 1. The van der Waals surface area contributed by atoms with Crippen LogP contribution in [0, 0.1) is 0 Å². The highest BCUT2D eigenvalue weighted by atomic mass is 32.2. The summed E-state index contributed by atoms with van der Waals surface area (Å²) < 4.78 is 25.5. The standard InChI is InChI=1S/C11H18N2O3S/c14-9-3-4-10-17(15,16)13-8-6-11-5-1-2-7-12-11/h1-2,5,7,13-14H,3-4,6,8-10H2. The van der Waals surface area contributed by atoms with Crippen LogP contribution < -0.4 is 4.72 Å². The van der Waals surface area contributed by atoms with Crippen molar-refractivity contribution in [1.82, 2.24) is 9.71 Å². The summed E-state index contributed by atoms with van der Waals surface area (Å²) in [6.07, 6.45) is 3.27. The highest BCUT2D eigenvalue weighted by Gasteiger charge is 2.08. The van der Waals surface area contributed by atoms with Crippen molar-refractivity contribution >= 4 is 10.0 Å². The van der Waals surface area contributed by atoms with E-state index in [0.717, 1.165) is 5.69 Å². The van der Waals surface area contributed by atoms with E-state index in [1.807, 2.05) is 18.2 Å². The van der Waals surface area contributed by atoms with Gasteiger partial charge < -0.3 is 5.11 Å². The van der Waals surface area contributed by atoms with E-state index in [1.54, 1.807) is 6.20 Å². The Balaban J connectivity index is 2.26. The van der Waals surface area contributed by atoms with Gasteiger partial charge in [0.25, 0.3) is 0 Å². The summed E-state index contributed by atoms with van der Waals surface area (Å²) in [4.78, 5) is 4.11. The fourth-order valence-electron chi connectivity index (χ4n) is 1.36. The molecule has 0 saturated heterocycles. The second-order valence-corrected chi connectivity index (χ2v) is 5.64. The van der Waals surface area contributed by atoms with Crippen LogP contribution in [0.3, 0.4) is 0 Å². The van der Waals surface area contributed by atoms with Crippen LogP contribution in [0.2, 0.25) is 0 Å². The van der Waals surface area contributed by atoms with E-state index < -0.39 is 10.0 Å². The predicted octanol–water partition coefficient (Wildman–Crippen LogP) is 0.316. The summed E-state index contributed by atoms with van der Waals surface area (Å²) in [6.45, 7) is 0.391. The van der Waals surface area contributed by atoms with Gasteiger partial charge in [0.1, 0.15) is 0 Å². The molecule has 1 rings (SSSR count). The fraction of sp³-hybridized carbons (Fsp3) is 0.545. The summed E-state index contributed by atoms with van der Waals surface area (Å²) in [7, 11) is -3.21. The highest BCUT2D eigenvalue weighted by Crippen LogP contribution is 1.96. The van der Waals surface area contributed by atoms with Crippen molar-refractivity contribution in [3.8, 4) is 0 Å². The largest absolute Gasteiger partial charge is 0.396 e. The Morgan fingerprint density at radius 1 is 1.29 bits per heavy atom. The lowest BCUT2D eigenvalue weighted by Gasteiger charge is -2.05. The maximum Gasteiger partial charge on any atom is 0.211 e. The Bertz CT molecular complexity index is 406. The number of pyridine rings is 1. The van der Waals surface area contributed by atoms with Gasteiger partial charge in [-0.2, -0.15) is 0 Å². The second-order valence-electron chi connectivity index (χ2n) is 3.71. The maximum atomic E-state index is 11.5. The quantitative estimate of drug-likeness (QED) is 0.658. The molecule has 1 aromatic heterocycles. The number of nitrogens with zero attached hydrogens (tertiary/aromatic N) is 1. The molecular weight excluding hydrogens is 240 g/mol. The van der Waals surface area contributed by atoms with Gasteiger partial charge in [-0.25, -0.2) is 13.1 Å². The molecule has 0 aromatic carbocycles. The number of aliphatic hydroxyl groups is 1. The lowest BCUT2D eigenvalue weighted by molar-refractivity contribution is 0.287. The van der Waals surface area contributed by atoms with Crippen LogP contribution in [-0.4, -0.2) is 37.4 Å². The first kappa shape index (κ1) is 14.1. The first-order valence-electron chi connectivity index (χ1n) is 5.62. The molecule has 0 amide bonds. The van der Waals surface area contributed by atoms with Gasteiger partial charge in [-0.15, -0.1) is 0 Å². The maximum absolute atomic E-state index is 11.5. The summed E-state index contributed by atoms with van der Waals surface area (Å²) in [5.74, 6) is 0.0653. The average molecular weight is 258 g/mol. The Morgan fingerprint density at radius 2 is 2.12 bits per heavy atom. The molecule has 0 aliphatic heterocycles. The third-order valence-corrected chi connectivity index (χ3v) is 3.72. The second kappa shape index (κ2) is 7.37. The Kier molecular flexibility index (Phi) is 6.10. The zero-order chi connectivity index (χ0) is 12.6. The van der Waals surface area contributed by atoms with Crippen molar-refractivity contribution in [3.05, 3.63) is 30.1 Å². The first-order valence-corrected chi connectivity index (χ1v) is 7.27. The molecule has 0 atom stereocenters. The SMILES string of the molecule is O=S(=O)(CCCCO)NCCc1ccccn1. The van der Waals surface area contributed by atoms with E-state index >= 15 is 0 Å². The molecule has 96 valence electrons. The normalized spacial score (nSPS) is 11.6. The number of nitrogens with one attached hydrogen (secondary N) is 1. The van der Waals surface area contributed by atoms with Crippen LogP contribution in [0.25, 0.3) is 0 Å². The Labute approximate surface area is 102 Å². The van der Waals surface area contributed by atoms with Crippen LogP contribution in [0.15, 0.2) is 24.4 Å².